The van der Waals surface area contributed by atoms with Crippen molar-refractivity contribution in [2.45, 2.75) is 13.0 Å². The maximum absolute atomic E-state index is 13.8. The van der Waals surface area contributed by atoms with Gasteiger partial charge in [0.2, 0.25) is 5.76 Å². The fourth-order valence-electron chi connectivity index (χ4n) is 3.74. The van der Waals surface area contributed by atoms with Crippen molar-refractivity contribution in [2.24, 2.45) is 0 Å². The summed E-state index contributed by atoms with van der Waals surface area (Å²) >= 11 is 3.41. The first-order chi connectivity index (χ1) is 14.4. The highest BCUT2D eigenvalue weighted by atomic mass is 79.9. The number of carbonyl (C=O) groups is 1. The summed E-state index contributed by atoms with van der Waals surface area (Å²) in [5.41, 5.74) is 1.58. The molecule has 2 aromatic heterocycles. The van der Waals surface area contributed by atoms with Gasteiger partial charge in [-0.3, -0.25) is 14.5 Å². The molecule has 0 fully saturated rings. The van der Waals surface area contributed by atoms with Gasteiger partial charge in [-0.25, -0.2) is 9.37 Å². The molecule has 0 aliphatic carbocycles. The third kappa shape index (κ3) is 2.85. The van der Waals surface area contributed by atoms with E-state index >= 15 is 0 Å². The van der Waals surface area contributed by atoms with Crippen molar-refractivity contribution in [3.63, 3.8) is 0 Å². The first-order valence-electron chi connectivity index (χ1n) is 9.22. The Hall–Kier alpha value is -3.32. The van der Waals surface area contributed by atoms with Crippen LogP contribution < -0.4 is 10.3 Å². The van der Waals surface area contributed by atoms with Crippen LogP contribution in [0.3, 0.4) is 0 Å². The highest BCUT2D eigenvalue weighted by molar-refractivity contribution is 9.10. The van der Waals surface area contributed by atoms with Crippen molar-refractivity contribution in [3.05, 3.63) is 104 Å². The van der Waals surface area contributed by atoms with Crippen LogP contribution >= 0.6 is 15.9 Å². The fourth-order valence-corrected chi connectivity index (χ4v) is 4.01. The zero-order valence-corrected chi connectivity index (χ0v) is 17.3. The van der Waals surface area contributed by atoms with Crippen LogP contribution in [0.15, 0.2) is 74.5 Å². The number of hydrogen-bond donors (Lipinski definition) is 0. The number of fused-ring (bicyclic) bond motifs is 2. The molecule has 3 heterocycles. The Morgan fingerprint density at radius 1 is 1.07 bits per heavy atom. The monoisotopic (exact) mass is 464 g/mol. The summed E-state index contributed by atoms with van der Waals surface area (Å²) in [5, 5.41) is 0.0994. The summed E-state index contributed by atoms with van der Waals surface area (Å²) in [7, 11) is 0. The molecule has 5 rings (SSSR count). The number of aryl methyl sites for hydroxylation is 1. The quantitative estimate of drug-likeness (QED) is 0.411. The number of aromatic nitrogens is 1. The lowest BCUT2D eigenvalue weighted by Gasteiger charge is -2.24. The van der Waals surface area contributed by atoms with Crippen LogP contribution in [-0.2, 0) is 0 Å². The molecule has 30 heavy (non-hydrogen) atoms. The van der Waals surface area contributed by atoms with Gasteiger partial charge < -0.3 is 4.42 Å². The Bertz CT molecular complexity index is 1360. The molecule has 2 aromatic carbocycles. The Labute approximate surface area is 178 Å². The lowest BCUT2D eigenvalue weighted by molar-refractivity contribution is 0.0970. The highest BCUT2D eigenvalue weighted by Crippen LogP contribution is 2.40. The van der Waals surface area contributed by atoms with Crippen molar-refractivity contribution in [2.75, 3.05) is 4.90 Å². The number of nitrogens with zero attached hydrogens (tertiary/aromatic N) is 2. The third-order valence-corrected chi connectivity index (χ3v) is 5.69. The van der Waals surface area contributed by atoms with E-state index in [2.05, 4.69) is 20.9 Å². The second-order valence-electron chi connectivity index (χ2n) is 7.14. The number of halogens is 2. The van der Waals surface area contributed by atoms with Gasteiger partial charge in [-0.1, -0.05) is 34.1 Å². The zero-order chi connectivity index (χ0) is 21.0. The maximum atomic E-state index is 13.8. The van der Waals surface area contributed by atoms with E-state index in [9.17, 15) is 14.0 Å². The van der Waals surface area contributed by atoms with E-state index < -0.39 is 23.2 Å². The summed E-state index contributed by atoms with van der Waals surface area (Å²) < 4.78 is 20.5. The first kappa shape index (κ1) is 18.7. The second-order valence-corrected chi connectivity index (χ2v) is 8.05. The molecule has 1 aliphatic rings. The van der Waals surface area contributed by atoms with Crippen LogP contribution in [0.4, 0.5) is 10.2 Å². The van der Waals surface area contributed by atoms with Crippen molar-refractivity contribution >= 4 is 38.6 Å². The summed E-state index contributed by atoms with van der Waals surface area (Å²) in [6.45, 7) is 1.90. The first-order valence-corrected chi connectivity index (χ1v) is 10.0. The predicted molar refractivity (Wildman–Crippen MR) is 114 cm³/mol. The van der Waals surface area contributed by atoms with E-state index in [4.69, 9.17) is 4.42 Å². The lowest BCUT2D eigenvalue weighted by atomic mass is 9.98. The largest absolute Gasteiger partial charge is 0.450 e. The number of anilines is 1. The van der Waals surface area contributed by atoms with Gasteiger partial charge in [0.1, 0.15) is 17.2 Å². The molecule has 1 atom stereocenters. The summed E-state index contributed by atoms with van der Waals surface area (Å²) in [6, 6.07) is 13.9. The van der Waals surface area contributed by atoms with Crippen LogP contribution in [0, 0.1) is 12.7 Å². The molecular formula is C23H14BrFN2O3. The van der Waals surface area contributed by atoms with Gasteiger partial charge in [0.25, 0.3) is 5.91 Å². The molecule has 5 nitrogen and oxygen atoms in total. The zero-order valence-electron chi connectivity index (χ0n) is 15.7. The fraction of sp³-hybridized carbons (Fsp3) is 0.0870. The van der Waals surface area contributed by atoms with Gasteiger partial charge in [0.05, 0.1) is 17.0 Å². The molecule has 1 amide bonds. The predicted octanol–water partition coefficient (Wildman–Crippen LogP) is 5.15. The molecule has 7 heteroatoms. The van der Waals surface area contributed by atoms with Gasteiger partial charge in [0, 0.05) is 10.7 Å². The molecule has 0 spiro atoms. The van der Waals surface area contributed by atoms with Gasteiger partial charge in [-0.2, -0.15) is 0 Å². The molecule has 4 aromatic rings. The lowest BCUT2D eigenvalue weighted by Crippen LogP contribution is -2.30. The standard InChI is InChI=1S/C23H14BrFN2O3/c1-12-2-9-18(26-11-12)27-20(13-3-5-14(24)6-4-13)19-21(28)16-10-15(25)7-8-17(16)30-22(19)23(27)29/h2-11,20H,1H3/t20-/m1/s1. The van der Waals surface area contributed by atoms with E-state index in [1.165, 1.54) is 17.0 Å². The van der Waals surface area contributed by atoms with Gasteiger partial charge in [-0.05, 0) is 54.4 Å². The van der Waals surface area contributed by atoms with E-state index in [0.29, 0.717) is 5.82 Å². The number of rotatable bonds is 2. The van der Waals surface area contributed by atoms with E-state index in [0.717, 1.165) is 21.7 Å². The number of benzene rings is 2. The van der Waals surface area contributed by atoms with Gasteiger partial charge >= 0.3 is 0 Å². The van der Waals surface area contributed by atoms with Crippen LogP contribution in [0.25, 0.3) is 11.0 Å². The summed E-state index contributed by atoms with van der Waals surface area (Å²) in [5.74, 6) is -0.650. The van der Waals surface area contributed by atoms with Crippen molar-refractivity contribution < 1.29 is 13.6 Å². The van der Waals surface area contributed by atoms with Crippen LogP contribution in [0.1, 0.15) is 33.3 Å². The van der Waals surface area contributed by atoms with Crippen molar-refractivity contribution in [1.29, 1.82) is 0 Å². The Morgan fingerprint density at radius 3 is 2.53 bits per heavy atom. The van der Waals surface area contributed by atoms with Crippen LogP contribution in [0.5, 0.6) is 0 Å². The summed E-state index contributed by atoms with van der Waals surface area (Å²) in [4.78, 5) is 32.6. The van der Waals surface area contributed by atoms with E-state index in [-0.39, 0.29) is 22.3 Å². The van der Waals surface area contributed by atoms with Crippen LogP contribution in [0.2, 0.25) is 0 Å². The van der Waals surface area contributed by atoms with Gasteiger partial charge in [-0.15, -0.1) is 0 Å². The number of amides is 1. The van der Waals surface area contributed by atoms with Gasteiger partial charge in [0.15, 0.2) is 5.43 Å². The molecule has 0 N–H and O–H groups in total. The summed E-state index contributed by atoms with van der Waals surface area (Å²) in [6.07, 6.45) is 1.66. The molecule has 148 valence electrons. The Kier molecular flexibility index (Phi) is 4.29. The minimum atomic E-state index is -0.736. The average molecular weight is 465 g/mol. The Balaban J connectivity index is 1.81. The van der Waals surface area contributed by atoms with Crippen molar-refractivity contribution in [1.82, 2.24) is 4.98 Å². The molecule has 0 saturated heterocycles. The third-order valence-electron chi connectivity index (χ3n) is 5.16. The molecule has 0 saturated carbocycles. The molecule has 0 unspecified atom stereocenters. The molecule has 1 aliphatic heterocycles. The average Bonchev–Trinajstić information content (AvgIpc) is 3.03. The van der Waals surface area contributed by atoms with Crippen molar-refractivity contribution in [3.8, 4) is 0 Å². The minimum Gasteiger partial charge on any atom is -0.450 e. The number of pyridine rings is 1. The Morgan fingerprint density at radius 2 is 1.83 bits per heavy atom. The number of hydrogen-bond acceptors (Lipinski definition) is 4. The molecule has 0 bridgehead atoms. The van der Waals surface area contributed by atoms with E-state index in [1.807, 2.05) is 37.3 Å². The topological polar surface area (TPSA) is 63.4 Å². The number of carbonyl (C=O) groups excluding carboxylic acids is 1. The molecule has 0 radical (unpaired) electrons. The minimum absolute atomic E-state index is 0.0469. The van der Waals surface area contributed by atoms with E-state index in [1.54, 1.807) is 12.3 Å². The maximum Gasteiger partial charge on any atom is 0.296 e. The molecular weight excluding hydrogens is 451 g/mol. The highest BCUT2D eigenvalue weighted by Gasteiger charge is 2.44. The van der Waals surface area contributed by atoms with Crippen LogP contribution in [-0.4, -0.2) is 10.9 Å². The smallest absolute Gasteiger partial charge is 0.296 e. The normalized spacial score (nSPS) is 15.6. The second kappa shape index (κ2) is 6.88. The SMILES string of the molecule is Cc1ccc(N2C(=O)c3oc4ccc(F)cc4c(=O)c3[C@H]2c2ccc(Br)cc2)nc1.